The van der Waals surface area contributed by atoms with Gasteiger partial charge in [0, 0.05) is 21.7 Å². The number of nitrogens with zero attached hydrogens (tertiary/aromatic N) is 2. The summed E-state index contributed by atoms with van der Waals surface area (Å²) < 4.78 is 5.38. The zero-order valence-electron chi connectivity index (χ0n) is 20.9. The van der Waals surface area contributed by atoms with E-state index in [9.17, 15) is 9.59 Å². The number of nitrogens with two attached hydrogens (primary N) is 1. The van der Waals surface area contributed by atoms with E-state index in [2.05, 4.69) is 6.08 Å². The van der Waals surface area contributed by atoms with Crippen LogP contribution in [0.25, 0.3) is 6.08 Å². The maximum absolute atomic E-state index is 13.5. The first-order chi connectivity index (χ1) is 18.3. The molecule has 6 nitrogen and oxygen atoms in total. The molecule has 0 aromatic heterocycles. The lowest BCUT2D eigenvalue weighted by Crippen LogP contribution is -2.34. The molecule has 1 heterocycles. The van der Waals surface area contributed by atoms with Crippen LogP contribution in [-0.4, -0.2) is 29.2 Å². The van der Waals surface area contributed by atoms with Crippen molar-refractivity contribution in [1.29, 1.82) is 0 Å². The third-order valence-electron chi connectivity index (χ3n) is 7.02. The normalized spacial score (nSPS) is 19.7. The number of carbonyl (C=O) groups is 2. The molecule has 0 bridgehead atoms. The van der Waals surface area contributed by atoms with Crippen LogP contribution in [0.15, 0.2) is 77.4 Å². The minimum atomic E-state index is -0.610. The zero-order chi connectivity index (χ0) is 26.8. The van der Waals surface area contributed by atoms with Gasteiger partial charge in [-0.05, 0) is 90.9 Å². The van der Waals surface area contributed by atoms with E-state index in [1.807, 2.05) is 55.5 Å². The number of esters is 1. The summed E-state index contributed by atoms with van der Waals surface area (Å²) in [6, 6.07) is 19.7. The molecule has 0 radical (unpaired) electrons. The quantitative estimate of drug-likeness (QED) is 0.279. The number of nitrogen functional groups attached to an aromatic ring is 1. The van der Waals surface area contributed by atoms with Crippen molar-refractivity contribution < 1.29 is 14.3 Å². The van der Waals surface area contributed by atoms with E-state index in [0.717, 1.165) is 47.2 Å². The van der Waals surface area contributed by atoms with Gasteiger partial charge in [-0.1, -0.05) is 53.5 Å². The van der Waals surface area contributed by atoms with Gasteiger partial charge in [0.2, 0.25) is 0 Å². The Morgan fingerprint density at radius 1 is 1.05 bits per heavy atom. The molecule has 1 saturated carbocycles. The summed E-state index contributed by atoms with van der Waals surface area (Å²) in [6.07, 6.45) is 4.82. The molecule has 1 aliphatic heterocycles. The Morgan fingerprint density at radius 3 is 2.42 bits per heavy atom. The number of carbonyl (C=O) groups excluding carboxylic acids is 2. The topological polar surface area (TPSA) is 85.0 Å². The van der Waals surface area contributed by atoms with E-state index < -0.39 is 18.5 Å². The molecule has 194 valence electrons. The number of hydrogen-bond acceptors (Lipinski definition) is 5. The lowest BCUT2D eigenvalue weighted by atomic mass is 9.77. The van der Waals surface area contributed by atoms with Crippen LogP contribution >= 0.6 is 23.2 Å². The Morgan fingerprint density at radius 2 is 1.74 bits per heavy atom. The van der Waals surface area contributed by atoms with Crippen molar-refractivity contribution in [3.63, 3.8) is 0 Å². The first-order valence-corrected chi connectivity index (χ1v) is 13.2. The van der Waals surface area contributed by atoms with Gasteiger partial charge in [-0.15, -0.1) is 0 Å². The van der Waals surface area contributed by atoms with E-state index in [1.54, 1.807) is 18.2 Å². The van der Waals surface area contributed by atoms with Crippen molar-refractivity contribution in [2.75, 3.05) is 12.3 Å². The van der Waals surface area contributed by atoms with Crippen molar-refractivity contribution in [2.45, 2.75) is 32.2 Å². The van der Waals surface area contributed by atoms with Crippen LogP contribution in [0.2, 0.25) is 10.0 Å². The van der Waals surface area contributed by atoms with Crippen LogP contribution in [0.5, 0.6) is 0 Å². The molecule has 8 heteroatoms. The van der Waals surface area contributed by atoms with Crippen LogP contribution in [0, 0.1) is 12.8 Å². The summed E-state index contributed by atoms with van der Waals surface area (Å²) in [7, 11) is 0. The van der Waals surface area contributed by atoms with E-state index >= 15 is 0 Å². The first kappa shape index (κ1) is 26.0. The predicted octanol–water partition coefficient (Wildman–Crippen LogP) is 6.86. The van der Waals surface area contributed by atoms with Crippen LogP contribution in [0.1, 0.15) is 52.4 Å². The number of allylic oxidation sites excluding steroid dienone is 1. The highest BCUT2D eigenvalue weighted by Crippen LogP contribution is 2.44. The molecule has 0 spiro atoms. The van der Waals surface area contributed by atoms with Crippen LogP contribution < -0.4 is 5.73 Å². The number of hydrazone groups is 1. The lowest BCUT2D eigenvalue weighted by Gasteiger charge is -2.29. The average Bonchev–Trinajstić information content (AvgIpc) is 3.31. The number of benzene rings is 3. The SMILES string of the molecule is Cc1ccc(C(=O)OCC(=O)N2N=C3C(=Cc4ccc(Cl)cc4)CCCC3C2c2ccc(Cl)cc2)cc1N. The molecular formula is C30H27Cl2N3O3. The summed E-state index contributed by atoms with van der Waals surface area (Å²) in [5.74, 6) is -0.994. The van der Waals surface area contributed by atoms with Gasteiger partial charge in [-0.3, -0.25) is 4.79 Å². The molecule has 1 aliphatic carbocycles. The fraction of sp³-hybridized carbons (Fsp3) is 0.233. The van der Waals surface area contributed by atoms with E-state index in [-0.39, 0.29) is 12.0 Å². The van der Waals surface area contributed by atoms with Crippen LogP contribution in [0.4, 0.5) is 5.69 Å². The zero-order valence-corrected chi connectivity index (χ0v) is 22.4. The summed E-state index contributed by atoms with van der Waals surface area (Å²) >= 11 is 12.2. The Kier molecular flexibility index (Phi) is 7.54. The number of ether oxygens (including phenoxy) is 1. The van der Waals surface area contributed by atoms with Crippen molar-refractivity contribution in [3.8, 4) is 0 Å². The molecular weight excluding hydrogens is 521 g/mol. The minimum absolute atomic E-state index is 0.0139. The average molecular weight is 548 g/mol. The molecule has 5 rings (SSSR count). The lowest BCUT2D eigenvalue weighted by molar-refractivity contribution is -0.137. The summed E-state index contributed by atoms with van der Waals surface area (Å²) in [5, 5.41) is 7.59. The van der Waals surface area contributed by atoms with Crippen molar-refractivity contribution >= 4 is 52.6 Å². The van der Waals surface area contributed by atoms with Gasteiger partial charge >= 0.3 is 5.97 Å². The largest absolute Gasteiger partial charge is 0.452 e. The summed E-state index contributed by atoms with van der Waals surface area (Å²) in [4.78, 5) is 26.1. The number of hydrogen-bond donors (Lipinski definition) is 1. The number of halogens is 2. The van der Waals surface area contributed by atoms with Gasteiger partial charge in [0.05, 0.1) is 17.3 Å². The van der Waals surface area contributed by atoms with Crippen molar-refractivity contribution in [1.82, 2.24) is 5.01 Å². The molecule has 0 saturated heterocycles. The van der Waals surface area contributed by atoms with Gasteiger partial charge in [-0.2, -0.15) is 5.10 Å². The molecule has 2 N–H and O–H groups in total. The van der Waals surface area contributed by atoms with E-state index in [4.69, 9.17) is 38.8 Å². The Hall–Kier alpha value is -3.61. The highest BCUT2D eigenvalue weighted by Gasteiger charge is 2.43. The highest BCUT2D eigenvalue weighted by atomic mass is 35.5. The fourth-order valence-electron chi connectivity index (χ4n) is 5.00. The van der Waals surface area contributed by atoms with Gasteiger partial charge in [0.25, 0.3) is 5.91 Å². The Balaban J connectivity index is 1.42. The van der Waals surface area contributed by atoms with E-state index in [1.165, 1.54) is 5.01 Å². The molecule has 2 aliphatic rings. The van der Waals surface area contributed by atoms with Crippen molar-refractivity contribution in [2.24, 2.45) is 11.0 Å². The Labute approximate surface area is 231 Å². The first-order valence-electron chi connectivity index (χ1n) is 12.5. The number of rotatable bonds is 5. The maximum Gasteiger partial charge on any atom is 0.338 e. The van der Waals surface area contributed by atoms with E-state index in [0.29, 0.717) is 21.3 Å². The number of aryl methyl sites for hydroxylation is 1. The third-order valence-corrected chi connectivity index (χ3v) is 7.53. The standard InChI is InChI=1S/C30H27Cl2N3O3/c1-18-5-8-22(16-26(18)33)30(37)38-17-27(36)35-29(20-9-13-24(32)14-10-20)25-4-2-3-21(28(25)34-35)15-19-6-11-23(31)12-7-19/h5-16,25,29H,2-4,17,33H2,1H3. The second-order valence-electron chi connectivity index (χ2n) is 9.59. The minimum Gasteiger partial charge on any atom is -0.452 e. The van der Waals surface area contributed by atoms with Gasteiger partial charge < -0.3 is 10.5 Å². The molecule has 1 amide bonds. The van der Waals surface area contributed by atoms with Crippen LogP contribution in [-0.2, 0) is 9.53 Å². The fourth-order valence-corrected chi connectivity index (χ4v) is 5.26. The third kappa shape index (κ3) is 5.47. The van der Waals surface area contributed by atoms with Crippen LogP contribution in [0.3, 0.4) is 0 Å². The number of fused-ring (bicyclic) bond motifs is 1. The molecule has 2 atom stereocenters. The molecule has 3 aromatic carbocycles. The second kappa shape index (κ2) is 11.0. The molecule has 1 fully saturated rings. The monoisotopic (exact) mass is 547 g/mol. The molecule has 2 unspecified atom stereocenters. The smallest absolute Gasteiger partial charge is 0.338 e. The predicted molar refractivity (Wildman–Crippen MR) is 151 cm³/mol. The number of amides is 1. The summed E-state index contributed by atoms with van der Waals surface area (Å²) in [5.41, 5.74) is 11.5. The molecule has 3 aromatic rings. The summed E-state index contributed by atoms with van der Waals surface area (Å²) in [6.45, 7) is 1.42. The maximum atomic E-state index is 13.5. The van der Waals surface area contributed by atoms with Gasteiger partial charge in [0.15, 0.2) is 6.61 Å². The van der Waals surface area contributed by atoms with Gasteiger partial charge in [-0.25, -0.2) is 9.80 Å². The molecule has 38 heavy (non-hydrogen) atoms. The number of anilines is 1. The van der Waals surface area contributed by atoms with Crippen molar-refractivity contribution in [3.05, 3.63) is 105 Å². The Bertz CT molecular complexity index is 1430. The highest BCUT2D eigenvalue weighted by molar-refractivity contribution is 6.30. The second-order valence-corrected chi connectivity index (χ2v) is 10.5. The van der Waals surface area contributed by atoms with Gasteiger partial charge in [0.1, 0.15) is 0 Å².